The number of hydrogen-bond donors (Lipinski definition) is 4. The monoisotopic (exact) mass is 391 g/mol. The molecule has 1 aliphatic rings. The number of nitrogens with zero attached hydrogens (tertiary/aromatic N) is 1. The summed E-state index contributed by atoms with van der Waals surface area (Å²) in [6, 6.07) is 16.8. The Morgan fingerprint density at radius 1 is 1.10 bits per heavy atom. The summed E-state index contributed by atoms with van der Waals surface area (Å²) in [7, 11) is 0. The molecule has 4 N–H and O–H groups in total. The molecule has 0 radical (unpaired) electrons. The van der Waals surface area contributed by atoms with Crippen LogP contribution in [0.3, 0.4) is 0 Å². The fraction of sp³-hybridized carbons (Fsp3) is 0.348. The lowest BCUT2D eigenvalue weighted by molar-refractivity contribution is 0.410. The molecule has 3 aromatic rings. The molecule has 2 aromatic carbocycles. The van der Waals surface area contributed by atoms with E-state index in [1.54, 1.807) is 0 Å². The van der Waals surface area contributed by atoms with E-state index in [0.29, 0.717) is 11.7 Å². The molecule has 0 bridgehead atoms. The van der Waals surface area contributed by atoms with Crippen LogP contribution in [-0.2, 0) is 0 Å². The van der Waals surface area contributed by atoms with Crippen LogP contribution >= 0.6 is 0 Å². The number of hydrogen-bond acceptors (Lipinski definition) is 4. The Hall–Kier alpha value is -3.15. The molecule has 1 aliphatic heterocycles. The van der Waals surface area contributed by atoms with Crippen molar-refractivity contribution >= 4 is 17.2 Å². The molecule has 2 atom stereocenters. The highest BCUT2D eigenvalue weighted by molar-refractivity contribution is 5.68. The minimum Gasteiger partial charge on any atom is -0.366 e. The molecule has 152 valence electrons. The molecule has 2 unspecified atom stereocenters. The average molecular weight is 392 g/mol. The smallest absolute Gasteiger partial charge is 0.291 e. The number of anilines is 3. The van der Waals surface area contributed by atoms with Gasteiger partial charge in [0.2, 0.25) is 0 Å². The van der Waals surface area contributed by atoms with Gasteiger partial charge < -0.3 is 10.7 Å². The van der Waals surface area contributed by atoms with Crippen LogP contribution in [0.5, 0.6) is 0 Å². The number of aromatic amines is 1. The standard InChI is InChI=1S/C23H29N5O/c1-4-8-18-14-20(19-12-11-15(2)13-16(19)3)28-22(24-18)21(23(29)27-28)26-25-17-9-6-5-7-10-17/h5-7,9-13,18,20,24-26H,4,8,14H2,1-3H3,(H,27,29). The Morgan fingerprint density at radius 3 is 2.62 bits per heavy atom. The highest BCUT2D eigenvalue weighted by atomic mass is 16.1. The quantitative estimate of drug-likeness (QED) is 0.455. The van der Waals surface area contributed by atoms with Crippen molar-refractivity contribution in [2.75, 3.05) is 16.2 Å². The maximum Gasteiger partial charge on any atom is 0.291 e. The third-order valence-corrected chi connectivity index (χ3v) is 5.61. The minimum absolute atomic E-state index is 0.100. The summed E-state index contributed by atoms with van der Waals surface area (Å²) in [5, 5.41) is 6.63. The molecule has 6 heteroatoms. The van der Waals surface area contributed by atoms with E-state index in [2.05, 4.69) is 60.2 Å². The molecule has 0 saturated carbocycles. The van der Waals surface area contributed by atoms with Gasteiger partial charge in [0.05, 0.1) is 11.7 Å². The van der Waals surface area contributed by atoms with Crippen molar-refractivity contribution in [2.24, 2.45) is 0 Å². The molecule has 29 heavy (non-hydrogen) atoms. The molecule has 0 fully saturated rings. The first-order chi connectivity index (χ1) is 14.1. The van der Waals surface area contributed by atoms with Gasteiger partial charge in [-0.2, -0.15) is 0 Å². The fourth-order valence-electron chi connectivity index (χ4n) is 4.23. The van der Waals surface area contributed by atoms with E-state index in [1.165, 1.54) is 16.7 Å². The summed E-state index contributed by atoms with van der Waals surface area (Å²) in [4.78, 5) is 12.8. The molecular weight excluding hydrogens is 362 g/mol. The number of benzene rings is 2. The molecule has 0 spiro atoms. The first-order valence-corrected chi connectivity index (χ1v) is 10.3. The molecule has 0 saturated heterocycles. The topological polar surface area (TPSA) is 73.9 Å². The number of nitrogens with one attached hydrogen (secondary N) is 4. The third kappa shape index (κ3) is 3.88. The van der Waals surface area contributed by atoms with E-state index >= 15 is 0 Å². The lowest BCUT2D eigenvalue weighted by Gasteiger charge is -2.34. The number of aromatic nitrogens is 2. The first-order valence-electron chi connectivity index (χ1n) is 10.3. The van der Waals surface area contributed by atoms with E-state index in [0.717, 1.165) is 30.8 Å². The fourth-order valence-corrected chi connectivity index (χ4v) is 4.23. The summed E-state index contributed by atoms with van der Waals surface area (Å²) in [6.45, 7) is 6.46. The van der Waals surface area contributed by atoms with Crippen LogP contribution in [0.15, 0.2) is 53.3 Å². The van der Waals surface area contributed by atoms with Crippen molar-refractivity contribution in [3.63, 3.8) is 0 Å². The van der Waals surface area contributed by atoms with Crippen LogP contribution in [0.4, 0.5) is 17.2 Å². The summed E-state index contributed by atoms with van der Waals surface area (Å²) < 4.78 is 1.99. The predicted molar refractivity (Wildman–Crippen MR) is 120 cm³/mol. The largest absolute Gasteiger partial charge is 0.366 e. The Morgan fingerprint density at radius 2 is 1.90 bits per heavy atom. The number of para-hydroxylation sites is 1. The van der Waals surface area contributed by atoms with Gasteiger partial charge in [-0.3, -0.25) is 20.0 Å². The van der Waals surface area contributed by atoms with Crippen molar-refractivity contribution < 1.29 is 0 Å². The highest BCUT2D eigenvalue weighted by Gasteiger charge is 2.31. The van der Waals surface area contributed by atoms with Crippen LogP contribution in [0.25, 0.3) is 0 Å². The highest BCUT2D eigenvalue weighted by Crippen LogP contribution is 2.37. The Balaban J connectivity index is 1.71. The predicted octanol–water partition coefficient (Wildman–Crippen LogP) is 4.81. The Labute approximate surface area is 171 Å². The second-order valence-corrected chi connectivity index (χ2v) is 7.89. The SMILES string of the molecule is CCCC1CC(c2ccc(C)cc2C)n2[nH]c(=O)c(NNc3ccccc3)c2N1. The Kier molecular flexibility index (Phi) is 5.34. The molecule has 0 aliphatic carbocycles. The van der Waals surface area contributed by atoms with E-state index in [1.807, 2.05) is 35.0 Å². The lowest BCUT2D eigenvalue weighted by atomic mass is 9.91. The maximum absolute atomic E-state index is 12.8. The van der Waals surface area contributed by atoms with Crippen LogP contribution in [0, 0.1) is 13.8 Å². The zero-order valence-electron chi connectivity index (χ0n) is 17.3. The number of aryl methyl sites for hydroxylation is 2. The number of H-pyrrole nitrogens is 1. The normalized spacial score (nSPS) is 18.0. The summed E-state index contributed by atoms with van der Waals surface area (Å²) >= 11 is 0. The molecule has 4 rings (SSSR count). The van der Waals surface area contributed by atoms with Crippen molar-refractivity contribution in [3.05, 3.63) is 75.6 Å². The lowest BCUT2D eigenvalue weighted by Crippen LogP contribution is -2.33. The van der Waals surface area contributed by atoms with Crippen LogP contribution in [0.1, 0.15) is 48.9 Å². The van der Waals surface area contributed by atoms with Gasteiger partial charge >= 0.3 is 0 Å². The van der Waals surface area contributed by atoms with Gasteiger partial charge in [-0.15, -0.1) is 0 Å². The summed E-state index contributed by atoms with van der Waals surface area (Å²) in [5.41, 5.74) is 11.3. The Bertz CT molecular complexity index is 1040. The molecular formula is C23H29N5O. The summed E-state index contributed by atoms with van der Waals surface area (Å²) in [6.07, 6.45) is 3.10. The number of hydrazine groups is 1. The van der Waals surface area contributed by atoms with Crippen LogP contribution in [0.2, 0.25) is 0 Å². The zero-order chi connectivity index (χ0) is 20.4. The van der Waals surface area contributed by atoms with E-state index in [9.17, 15) is 4.79 Å². The average Bonchev–Trinajstić information content (AvgIpc) is 3.02. The molecule has 0 amide bonds. The van der Waals surface area contributed by atoms with E-state index < -0.39 is 0 Å². The van der Waals surface area contributed by atoms with Crippen molar-refractivity contribution in [1.82, 2.24) is 9.78 Å². The number of fused-ring (bicyclic) bond motifs is 1. The van der Waals surface area contributed by atoms with Gasteiger partial charge in [0.15, 0.2) is 11.5 Å². The molecule has 6 nitrogen and oxygen atoms in total. The van der Waals surface area contributed by atoms with Crippen LogP contribution < -0.4 is 21.7 Å². The number of rotatable bonds is 6. The van der Waals surface area contributed by atoms with Crippen molar-refractivity contribution in [2.45, 2.75) is 52.1 Å². The van der Waals surface area contributed by atoms with Crippen LogP contribution in [-0.4, -0.2) is 15.8 Å². The van der Waals surface area contributed by atoms with Gasteiger partial charge in [0.1, 0.15) is 0 Å². The molecule has 1 aromatic heterocycles. The van der Waals surface area contributed by atoms with Gasteiger partial charge in [-0.1, -0.05) is 55.3 Å². The third-order valence-electron chi connectivity index (χ3n) is 5.61. The maximum atomic E-state index is 12.8. The van der Waals surface area contributed by atoms with Crippen molar-refractivity contribution in [1.29, 1.82) is 0 Å². The van der Waals surface area contributed by atoms with Gasteiger partial charge in [0, 0.05) is 6.04 Å². The van der Waals surface area contributed by atoms with Gasteiger partial charge in [-0.25, -0.2) is 0 Å². The second kappa shape index (κ2) is 8.07. The molecule has 2 heterocycles. The van der Waals surface area contributed by atoms with E-state index in [-0.39, 0.29) is 11.6 Å². The first kappa shape index (κ1) is 19.2. The van der Waals surface area contributed by atoms with Gasteiger partial charge in [0.25, 0.3) is 5.56 Å². The van der Waals surface area contributed by atoms with Crippen molar-refractivity contribution in [3.8, 4) is 0 Å². The summed E-state index contributed by atoms with van der Waals surface area (Å²) in [5.74, 6) is 0.813. The second-order valence-electron chi connectivity index (χ2n) is 7.89. The minimum atomic E-state index is -0.136. The zero-order valence-corrected chi connectivity index (χ0v) is 17.3. The van der Waals surface area contributed by atoms with E-state index in [4.69, 9.17) is 0 Å². The van der Waals surface area contributed by atoms with Gasteiger partial charge in [-0.05, 0) is 49.9 Å².